The average molecular weight is 513 g/mol. The number of pyridine rings is 1. The highest BCUT2D eigenvalue weighted by Gasteiger charge is 2.65. The second-order valence-electron chi connectivity index (χ2n) is 8.45. The zero-order chi connectivity index (χ0) is 25.5. The van der Waals surface area contributed by atoms with Gasteiger partial charge in [-0.05, 0) is 78.7 Å². The van der Waals surface area contributed by atoms with Crippen LogP contribution in [0.2, 0.25) is 0 Å². The summed E-state index contributed by atoms with van der Waals surface area (Å²) in [5.41, 5.74) is -4.04. The van der Waals surface area contributed by atoms with Gasteiger partial charge in [0.05, 0.1) is 5.69 Å². The average Bonchev–Trinajstić information content (AvgIpc) is 3.62. The number of nitrogens with one attached hydrogen (secondary N) is 1. The fourth-order valence-corrected chi connectivity index (χ4v) is 4.70. The maximum Gasteiger partial charge on any atom is 0.446 e. The van der Waals surface area contributed by atoms with E-state index in [4.69, 9.17) is 0 Å². The van der Waals surface area contributed by atoms with Gasteiger partial charge in [-0.3, -0.25) is 9.59 Å². The lowest BCUT2D eigenvalue weighted by Gasteiger charge is -2.21. The van der Waals surface area contributed by atoms with E-state index >= 15 is 0 Å². The molecule has 1 saturated carbocycles. The van der Waals surface area contributed by atoms with E-state index in [1.165, 1.54) is 35.4 Å². The van der Waals surface area contributed by atoms with Crippen molar-refractivity contribution in [1.82, 2.24) is 9.88 Å². The highest BCUT2D eigenvalue weighted by molar-refractivity contribution is 8.00. The molecule has 1 aliphatic heterocycles. The number of anilines is 2. The Hall–Kier alpha value is -3.86. The zero-order valence-electron chi connectivity index (χ0n) is 18.7. The molecular weight excluding hydrogens is 493 g/mol. The molecule has 1 saturated heterocycles. The number of benzene rings is 2. The van der Waals surface area contributed by atoms with Crippen molar-refractivity contribution in [1.29, 1.82) is 0 Å². The molecule has 11 heteroatoms. The maximum atomic E-state index is 13.3. The number of imide groups is 1. The van der Waals surface area contributed by atoms with Gasteiger partial charge in [-0.1, -0.05) is 18.2 Å². The molecule has 4 amide bonds. The minimum absolute atomic E-state index is 0.0369. The highest BCUT2D eigenvalue weighted by Crippen LogP contribution is 2.50. The topological polar surface area (TPSA) is 82.6 Å². The van der Waals surface area contributed by atoms with Crippen molar-refractivity contribution in [3.63, 3.8) is 0 Å². The van der Waals surface area contributed by atoms with E-state index in [0.29, 0.717) is 29.8 Å². The quantitative estimate of drug-likeness (QED) is 0.351. The smallest absolute Gasteiger partial charge is 0.307 e. The number of thioether (sulfide) groups is 1. The van der Waals surface area contributed by atoms with Gasteiger partial charge in [0.2, 0.25) is 0 Å². The van der Waals surface area contributed by atoms with Crippen LogP contribution in [0.3, 0.4) is 0 Å². The summed E-state index contributed by atoms with van der Waals surface area (Å²) in [5.74, 6) is -0.418. The van der Waals surface area contributed by atoms with Gasteiger partial charge in [-0.25, -0.2) is 14.7 Å². The van der Waals surface area contributed by atoms with Gasteiger partial charge in [-0.2, -0.15) is 13.2 Å². The monoisotopic (exact) mass is 512 g/mol. The van der Waals surface area contributed by atoms with Crippen molar-refractivity contribution in [2.24, 2.45) is 0 Å². The van der Waals surface area contributed by atoms with Gasteiger partial charge in [0.1, 0.15) is 11.4 Å². The summed E-state index contributed by atoms with van der Waals surface area (Å²) >= 11 is -0.263. The van der Waals surface area contributed by atoms with E-state index in [-0.39, 0.29) is 34.8 Å². The summed E-state index contributed by atoms with van der Waals surface area (Å²) in [5, 5.41) is 2.72. The Balaban J connectivity index is 1.33. The molecule has 1 aliphatic carbocycles. The number of carbonyl (C=O) groups excluding carboxylic acids is 3. The summed E-state index contributed by atoms with van der Waals surface area (Å²) in [6.07, 6.45) is 2.50. The van der Waals surface area contributed by atoms with Crippen LogP contribution >= 0.6 is 11.8 Å². The van der Waals surface area contributed by atoms with Crippen LogP contribution < -0.4 is 10.2 Å². The molecule has 2 aliphatic rings. The first kappa shape index (κ1) is 23.9. The van der Waals surface area contributed by atoms with Crippen LogP contribution in [0.15, 0.2) is 77.8 Å². The van der Waals surface area contributed by atoms with Gasteiger partial charge in [0, 0.05) is 23.2 Å². The normalized spacial score (nSPS) is 16.5. The lowest BCUT2D eigenvalue weighted by molar-refractivity contribution is -0.120. The van der Waals surface area contributed by atoms with Gasteiger partial charge >= 0.3 is 11.5 Å². The number of amides is 4. The Kier molecular flexibility index (Phi) is 5.95. The van der Waals surface area contributed by atoms with E-state index in [1.54, 1.807) is 42.5 Å². The fourth-order valence-electron chi connectivity index (χ4n) is 4.16. The maximum absolute atomic E-state index is 13.3. The first-order valence-corrected chi connectivity index (χ1v) is 11.8. The minimum Gasteiger partial charge on any atom is -0.307 e. The largest absolute Gasteiger partial charge is 0.446 e. The molecule has 2 heterocycles. The number of aromatic nitrogens is 1. The number of hydrogen-bond acceptors (Lipinski definition) is 5. The summed E-state index contributed by atoms with van der Waals surface area (Å²) in [4.78, 5) is 45.6. The molecule has 184 valence electrons. The van der Waals surface area contributed by atoms with Gasteiger partial charge in [0.15, 0.2) is 0 Å². The number of carbonyl (C=O) groups is 3. The molecular formula is C25H19F3N4O3S. The molecule has 2 fully saturated rings. The Labute approximate surface area is 208 Å². The van der Waals surface area contributed by atoms with Crippen molar-refractivity contribution in [3.05, 3.63) is 84.1 Å². The molecule has 0 radical (unpaired) electrons. The predicted octanol–water partition coefficient (Wildman–Crippen LogP) is 5.45. The van der Waals surface area contributed by atoms with Crippen LogP contribution in [0, 0.1) is 0 Å². The second-order valence-corrected chi connectivity index (χ2v) is 9.59. The SMILES string of the molecule is O=C(Nc1cc(CN2C(=O)N(c3ccc(SC(F)(F)F)cc3)C(=O)C23CC3)ccn1)c1ccccc1. The molecule has 36 heavy (non-hydrogen) atoms. The molecule has 0 unspecified atom stereocenters. The van der Waals surface area contributed by atoms with Crippen molar-refractivity contribution in [2.45, 2.75) is 35.3 Å². The lowest BCUT2D eigenvalue weighted by atomic mass is 10.2. The molecule has 3 aromatic rings. The van der Waals surface area contributed by atoms with Crippen LogP contribution in [0.4, 0.5) is 29.5 Å². The van der Waals surface area contributed by atoms with Crippen LogP contribution in [0.1, 0.15) is 28.8 Å². The minimum atomic E-state index is -4.43. The Morgan fingerprint density at radius 3 is 2.36 bits per heavy atom. The lowest BCUT2D eigenvalue weighted by Crippen LogP contribution is -2.36. The Morgan fingerprint density at radius 2 is 1.72 bits per heavy atom. The first-order valence-electron chi connectivity index (χ1n) is 11.0. The van der Waals surface area contributed by atoms with Gasteiger partial charge in [0.25, 0.3) is 11.8 Å². The van der Waals surface area contributed by atoms with Crippen LogP contribution in [-0.2, 0) is 11.3 Å². The number of alkyl halides is 3. The van der Waals surface area contributed by atoms with Crippen molar-refractivity contribution < 1.29 is 27.6 Å². The van der Waals surface area contributed by atoms with Crippen molar-refractivity contribution in [3.8, 4) is 0 Å². The van der Waals surface area contributed by atoms with Crippen molar-refractivity contribution >= 4 is 41.1 Å². The molecule has 1 spiro atoms. The van der Waals surface area contributed by atoms with E-state index in [2.05, 4.69) is 10.3 Å². The van der Waals surface area contributed by atoms with Crippen LogP contribution in [-0.4, -0.2) is 38.8 Å². The van der Waals surface area contributed by atoms with Crippen LogP contribution in [0.5, 0.6) is 0 Å². The molecule has 0 bridgehead atoms. The third-order valence-electron chi connectivity index (χ3n) is 6.03. The summed E-state index contributed by atoms with van der Waals surface area (Å²) in [6, 6.07) is 16.6. The summed E-state index contributed by atoms with van der Waals surface area (Å²) < 4.78 is 37.9. The van der Waals surface area contributed by atoms with Crippen molar-refractivity contribution in [2.75, 3.05) is 10.2 Å². The molecule has 1 N–H and O–H groups in total. The third-order valence-corrected chi connectivity index (χ3v) is 6.77. The molecule has 2 aromatic carbocycles. The van der Waals surface area contributed by atoms with Gasteiger partial charge in [-0.15, -0.1) is 0 Å². The van der Waals surface area contributed by atoms with Crippen LogP contribution in [0.25, 0.3) is 0 Å². The molecule has 1 aromatic heterocycles. The highest BCUT2D eigenvalue weighted by atomic mass is 32.2. The fraction of sp³-hybridized carbons (Fsp3) is 0.200. The zero-order valence-corrected chi connectivity index (χ0v) is 19.5. The number of hydrogen-bond donors (Lipinski definition) is 1. The van der Waals surface area contributed by atoms with Gasteiger partial charge < -0.3 is 10.2 Å². The van der Waals surface area contributed by atoms with E-state index in [1.807, 2.05) is 0 Å². The molecule has 0 atom stereocenters. The van der Waals surface area contributed by atoms with E-state index in [9.17, 15) is 27.6 Å². The molecule has 5 rings (SSSR count). The Morgan fingerprint density at radius 1 is 1.03 bits per heavy atom. The standard InChI is InChI=1S/C25H19F3N4O3S/c26-25(27,28)36-19-8-6-18(7-9-19)32-22(34)24(11-12-24)31(23(32)35)15-16-10-13-29-20(14-16)30-21(33)17-4-2-1-3-5-17/h1-10,13-14H,11-12,15H2,(H,29,30,33). The molecule has 7 nitrogen and oxygen atoms in total. The van der Waals surface area contributed by atoms with E-state index < -0.39 is 23.0 Å². The summed E-state index contributed by atoms with van der Waals surface area (Å²) in [6.45, 7) is 0.111. The number of nitrogens with zero attached hydrogens (tertiary/aromatic N) is 3. The number of rotatable bonds is 6. The third kappa shape index (κ3) is 4.66. The summed E-state index contributed by atoms with van der Waals surface area (Å²) in [7, 11) is 0. The number of halogens is 3. The first-order chi connectivity index (χ1) is 17.2. The second kappa shape index (κ2) is 8.98. The van der Waals surface area contributed by atoms with E-state index in [0.717, 1.165) is 4.90 Å². The number of urea groups is 1. The predicted molar refractivity (Wildman–Crippen MR) is 127 cm³/mol. The Bertz CT molecular complexity index is 1330.